The first-order chi connectivity index (χ1) is 7.84. The molecule has 0 atom stereocenters. The number of hydrogen-bond donors (Lipinski definition) is 2. The van der Waals surface area contributed by atoms with E-state index in [1.807, 2.05) is 0 Å². The van der Waals surface area contributed by atoms with Crippen LogP contribution in [-0.4, -0.2) is 28.9 Å². The predicted molar refractivity (Wildman–Crippen MR) is 67.1 cm³/mol. The number of thiol groups is 1. The van der Waals surface area contributed by atoms with E-state index in [-0.39, 0.29) is 5.41 Å². The van der Waals surface area contributed by atoms with Crippen molar-refractivity contribution >= 4 is 23.7 Å². The smallest absolute Gasteiger partial charge is 0.0931 e. The van der Waals surface area contributed by atoms with Gasteiger partial charge in [-0.15, -0.1) is 0 Å². The minimum absolute atomic E-state index is 0.182. The Labute approximate surface area is 99.6 Å². The monoisotopic (exact) mass is 234 g/mol. The number of nitrogens with one attached hydrogen (secondary N) is 1. The number of rotatable bonds is 3. The fourth-order valence-electron chi connectivity index (χ4n) is 2.28. The lowest BCUT2D eigenvalue weighted by atomic mass is 9.76. The van der Waals surface area contributed by atoms with Crippen LogP contribution in [0.15, 0.2) is 24.5 Å². The van der Waals surface area contributed by atoms with Gasteiger partial charge in [-0.3, -0.25) is 0 Å². The molecule has 2 heterocycles. The fraction of sp³-hybridized carbons (Fsp3) is 0.417. The van der Waals surface area contributed by atoms with Gasteiger partial charge in [0, 0.05) is 5.41 Å². The van der Waals surface area contributed by atoms with Crippen LogP contribution in [0.25, 0.3) is 11.0 Å². The third kappa shape index (κ3) is 1.44. The Balaban J connectivity index is 2.03. The van der Waals surface area contributed by atoms with Crippen molar-refractivity contribution in [2.75, 3.05) is 19.0 Å². The summed E-state index contributed by atoms with van der Waals surface area (Å²) in [6.07, 6.45) is 2.80. The van der Waals surface area contributed by atoms with Crippen LogP contribution in [0.5, 0.6) is 0 Å². The molecule has 3 nitrogen and oxygen atoms in total. The molecule has 1 aromatic heterocycles. The molecule has 1 aliphatic heterocycles. The normalized spacial score (nSPS) is 18.6. The molecule has 1 saturated heterocycles. The highest BCUT2D eigenvalue weighted by atomic mass is 32.1. The van der Waals surface area contributed by atoms with E-state index in [4.69, 9.17) is 4.74 Å². The summed E-state index contributed by atoms with van der Waals surface area (Å²) >= 11 is 4.34. The van der Waals surface area contributed by atoms with Crippen LogP contribution >= 0.6 is 12.6 Å². The van der Waals surface area contributed by atoms with Gasteiger partial charge in [0.25, 0.3) is 0 Å². The van der Waals surface area contributed by atoms with Crippen LogP contribution in [0, 0.1) is 0 Å². The average molecular weight is 234 g/mol. The molecule has 0 radical (unpaired) electrons. The Morgan fingerprint density at radius 2 is 2.31 bits per heavy atom. The predicted octanol–water partition coefficient (Wildman–Crippen LogP) is 2.15. The van der Waals surface area contributed by atoms with Gasteiger partial charge in [0.2, 0.25) is 0 Å². The molecule has 1 aliphatic rings. The van der Waals surface area contributed by atoms with Crippen LogP contribution in [0.4, 0.5) is 0 Å². The molecule has 1 fully saturated rings. The second-order valence-corrected chi connectivity index (χ2v) is 4.83. The number of aromatic nitrogens is 2. The number of hydrogen-bond acceptors (Lipinski definition) is 3. The van der Waals surface area contributed by atoms with E-state index in [9.17, 15) is 0 Å². The first-order valence-corrected chi connectivity index (χ1v) is 6.10. The van der Waals surface area contributed by atoms with Crippen LogP contribution in [0.1, 0.15) is 12.0 Å². The molecular formula is C12H14N2OS. The summed E-state index contributed by atoms with van der Waals surface area (Å²) in [6, 6.07) is 6.42. The standard InChI is InChI=1S/C12H14N2OS/c16-4-3-12(6-15-7-12)9-1-2-10-11(5-9)14-8-13-10/h1-2,5,8,16H,3-4,6-7H2,(H,13,14). The van der Waals surface area contributed by atoms with Gasteiger partial charge in [-0.25, -0.2) is 4.98 Å². The molecule has 84 valence electrons. The lowest BCUT2D eigenvalue weighted by Crippen LogP contribution is -2.47. The van der Waals surface area contributed by atoms with E-state index < -0.39 is 0 Å². The summed E-state index contributed by atoms with van der Waals surface area (Å²) in [7, 11) is 0. The highest BCUT2D eigenvalue weighted by Crippen LogP contribution is 2.36. The van der Waals surface area contributed by atoms with Crippen molar-refractivity contribution in [1.29, 1.82) is 0 Å². The summed E-state index contributed by atoms with van der Waals surface area (Å²) in [5, 5.41) is 0. The second kappa shape index (κ2) is 3.79. The number of nitrogens with zero attached hydrogens (tertiary/aromatic N) is 1. The molecule has 0 saturated carbocycles. The highest BCUT2D eigenvalue weighted by molar-refractivity contribution is 7.80. The van der Waals surface area contributed by atoms with E-state index in [1.165, 1.54) is 5.56 Å². The van der Waals surface area contributed by atoms with Crippen molar-refractivity contribution in [1.82, 2.24) is 9.97 Å². The third-order valence-corrected chi connectivity index (χ3v) is 3.60. The number of ether oxygens (including phenoxy) is 1. The molecule has 0 bridgehead atoms. The Morgan fingerprint density at radius 1 is 1.44 bits per heavy atom. The zero-order valence-electron chi connectivity index (χ0n) is 8.94. The van der Waals surface area contributed by atoms with Gasteiger partial charge < -0.3 is 9.72 Å². The zero-order valence-corrected chi connectivity index (χ0v) is 9.83. The van der Waals surface area contributed by atoms with E-state index >= 15 is 0 Å². The van der Waals surface area contributed by atoms with Crippen LogP contribution in [-0.2, 0) is 10.2 Å². The quantitative estimate of drug-likeness (QED) is 0.799. The van der Waals surface area contributed by atoms with Gasteiger partial charge in [0.05, 0.1) is 30.6 Å². The first-order valence-electron chi connectivity index (χ1n) is 5.46. The maximum absolute atomic E-state index is 5.38. The van der Waals surface area contributed by atoms with E-state index in [1.54, 1.807) is 6.33 Å². The molecule has 1 N–H and O–H groups in total. The lowest BCUT2D eigenvalue weighted by Gasteiger charge is -2.41. The van der Waals surface area contributed by atoms with E-state index in [0.29, 0.717) is 0 Å². The van der Waals surface area contributed by atoms with Crippen LogP contribution in [0.2, 0.25) is 0 Å². The molecule has 0 aliphatic carbocycles. The minimum Gasteiger partial charge on any atom is -0.379 e. The molecule has 0 unspecified atom stereocenters. The van der Waals surface area contributed by atoms with Gasteiger partial charge in [-0.05, 0) is 29.9 Å². The van der Waals surface area contributed by atoms with Crippen molar-refractivity contribution < 1.29 is 4.74 Å². The summed E-state index contributed by atoms with van der Waals surface area (Å²) < 4.78 is 5.38. The van der Waals surface area contributed by atoms with Crippen molar-refractivity contribution in [2.24, 2.45) is 0 Å². The zero-order chi connectivity index (χ0) is 11.0. The Hall–Kier alpha value is -1.00. The molecule has 16 heavy (non-hydrogen) atoms. The van der Waals surface area contributed by atoms with Crippen LogP contribution < -0.4 is 0 Å². The van der Waals surface area contributed by atoms with E-state index in [2.05, 4.69) is 40.8 Å². The van der Waals surface area contributed by atoms with Gasteiger partial charge in [0.15, 0.2) is 0 Å². The number of fused-ring (bicyclic) bond motifs is 1. The number of aromatic amines is 1. The highest BCUT2D eigenvalue weighted by Gasteiger charge is 2.39. The summed E-state index contributed by atoms with van der Waals surface area (Å²) in [4.78, 5) is 7.38. The summed E-state index contributed by atoms with van der Waals surface area (Å²) in [6.45, 7) is 1.63. The Morgan fingerprint density at radius 3 is 3.00 bits per heavy atom. The fourth-order valence-corrected chi connectivity index (χ4v) is 2.71. The first kappa shape index (κ1) is 10.2. The van der Waals surface area contributed by atoms with Gasteiger partial charge in [-0.1, -0.05) is 6.07 Å². The molecule has 0 amide bonds. The van der Waals surface area contributed by atoms with Gasteiger partial charge >= 0.3 is 0 Å². The third-order valence-electron chi connectivity index (χ3n) is 3.38. The van der Waals surface area contributed by atoms with Gasteiger partial charge in [-0.2, -0.15) is 12.6 Å². The molecule has 0 spiro atoms. The van der Waals surface area contributed by atoms with Crippen molar-refractivity contribution in [3.63, 3.8) is 0 Å². The average Bonchev–Trinajstić information content (AvgIpc) is 2.70. The second-order valence-electron chi connectivity index (χ2n) is 4.38. The Kier molecular flexibility index (Phi) is 2.41. The van der Waals surface area contributed by atoms with E-state index in [0.717, 1.165) is 36.4 Å². The summed E-state index contributed by atoms with van der Waals surface area (Å²) in [5.74, 6) is 0.893. The largest absolute Gasteiger partial charge is 0.379 e. The number of imidazole rings is 1. The van der Waals surface area contributed by atoms with Crippen molar-refractivity contribution in [3.05, 3.63) is 30.1 Å². The number of H-pyrrole nitrogens is 1. The molecule has 4 heteroatoms. The summed E-state index contributed by atoms with van der Waals surface area (Å²) in [5.41, 5.74) is 3.64. The molecular weight excluding hydrogens is 220 g/mol. The van der Waals surface area contributed by atoms with Crippen molar-refractivity contribution in [2.45, 2.75) is 11.8 Å². The van der Waals surface area contributed by atoms with Crippen molar-refractivity contribution in [3.8, 4) is 0 Å². The maximum Gasteiger partial charge on any atom is 0.0931 e. The molecule has 1 aromatic carbocycles. The van der Waals surface area contributed by atoms with Crippen LogP contribution in [0.3, 0.4) is 0 Å². The molecule has 2 aromatic rings. The number of benzene rings is 1. The minimum atomic E-state index is 0.182. The SMILES string of the molecule is SCCC1(c2ccc3nc[nH]c3c2)COC1. The van der Waals surface area contributed by atoms with Gasteiger partial charge in [0.1, 0.15) is 0 Å². The Bertz CT molecular complexity index is 504. The maximum atomic E-state index is 5.38. The molecule has 3 rings (SSSR count). The lowest BCUT2D eigenvalue weighted by molar-refractivity contribution is -0.0613. The topological polar surface area (TPSA) is 37.9 Å².